The van der Waals surface area contributed by atoms with Crippen LogP contribution in [-0.4, -0.2) is 4.98 Å². The average molecular weight is 381 g/mol. The van der Waals surface area contributed by atoms with Crippen molar-refractivity contribution in [2.75, 3.05) is 5.32 Å². The zero-order valence-electron chi connectivity index (χ0n) is 13.6. The molecule has 0 spiro atoms. The minimum atomic E-state index is 0.544. The lowest BCUT2D eigenvalue weighted by molar-refractivity contribution is 0.486. The number of hydrogen-bond acceptors (Lipinski definition) is 3. The van der Waals surface area contributed by atoms with E-state index in [1.807, 2.05) is 66.7 Å². The number of nitrogens with one attached hydrogen (secondary N) is 1. The van der Waals surface area contributed by atoms with Gasteiger partial charge in [0.1, 0.15) is 5.75 Å². The maximum Gasteiger partial charge on any atom is 0.151 e. The fraction of sp³-hybridized carbons (Fsp3) is 0. The third kappa shape index (κ3) is 3.45. The highest BCUT2D eigenvalue weighted by Crippen LogP contribution is 2.38. The van der Waals surface area contributed by atoms with Crippen LogP contribution in [0.25, 0.3) is 10.9 Å². The first-order chi connectivity index (χ1) is 12.7. The van der Waals surface area contributed by atoms with Gasteiger partial charge in [0.25, 0.3) is 0 Å². The lowest BCUT2D eigenvalue weighted by atomic mass is 10.1. The Balaban J connectivity index is 1.81. The van der Waals surface area contributed by atoms with E-state index in [9.17, 15) is 0 Å². The highest BCUT2D eigenvalue weighted by atomic mass is 35.5. The van der Waals surface area contributed by atoms with Gasteiger partial charge in [-0.25, -0.2) is 0 Å². The number of hydrogen-bond donors (Lipinski definition) is 1. The van der Waals surface area contributed by atoms with Crippen LogP contribution in [0.15, 0.2) is 79.0 Å². The number of anilines is 2. The van der Waals surface area contributed by atoms with Crippen LogP contribution >= 0.6 is 23.2 Å². The number of pyridine rings is 1. The maximum absolute atomic E-state index is 6.29. The highest BCUT2D eigenvalue weighted by molar-refractivity contribution is 6.33. The molecule has 0 atom stereocenters. The maximum atomic E-state index is 6.29. The van der Waals surface area contributed by atoms with Gasteiger partial charge >= 0.3 is 0 Å². The average Bonchev–Trinajstić information content (AvgIpc) is 2.66. The second kappa shape index (κ2) is 7.24. The van der Waals surface area contributed by atoms with Crippen LogP contribution in [0.1, 0.15) is 0 Å². The van der Waals surface area contributed by atoms with Crippen LogP contribution in [-0.2, 0) is 0 Å². The standard InChI is InChI=1S/C21H14Cl2N2O/c22-15-7-1-3-9-17(15)25-19-13-18-14(6-5-11-24-18)12-21(19)26-20-10-4-2-8-16(20)23/h1-13,25H. The van der Waals surface area contributed by atoms with E-state index in [1.165, 1.54) is 0 Å². The Morgan fingerprint density at radius 3 is 2.31 bits per heavy atom. The molecule has 26 heavy (non-hydrogen) atoms. The molecule has 128 valence electrons. The molecule has 1 N–H and O–H groups in total. The molecule has 0 amide bonds. The molecule has 0 aliphatic heterocycles. The van der Waals surface area contributed by atoms with Crippen molar-refractivity contribution in [1.82, 2.24) is 4.98 Å². The number of para-hydroxylation sites is 2. The SMILES string of the molecule is Clc1ccccc1Nc1cc2ncccc2cc1Oc1ccccc1Cl. The van der Waals surface area contributed by atoms with Crippen LogP contribution in [0, 0.1) is 0 Å². The van der Waals surface area contributed by atoms with Crippen molar-refractivity contribution in [3.05, 3.63) is 89.0 Å². The fourth-order valence-corrected chi connectivity index (χ4v) is 2.99. The third-order valence-electron chi connectivity index (χ3n) is 3.90. The van der Waals surface area contributed by atoms with E-state index in [0.29, 0.717) is 21.5 Å². The van der Waals surface area contributed by atoms with Gasteiger partial charge in [0.2, 0.25) is 0 Å². The zero-order chi connectivity index (χ0) is 17.9. The quantitative estimate of drug-likeness (QED) is 0.410. The Bertz CT molecular complexity index is 996. The summed E-state index contributed by atoms with van der Waals surface area (Å²) in [5, 5.41) is 5.47. The van der Waals surface area contributed by atoms with Gasteiger partial charge in [-0.2, -0.15) is 0 Å². The normalized spacial score (nSPS) is 10.7. The monoisotopic (exact) mass is 380 g/mol. The van der Waals surface area contributed by atoms with Gasteiger partial charge in [-0.05, 0) is 42.5 Å². The van der Waals surface area contributed by atoms with Crippen LogP contribution in [0.3, 0.4) is 0 Å². The molecule has 0 unspecified atom stereocenters. The Morgan fingerprint density at radius 2 is 1.50 bits per heavy atom. The van der Waals surface area contributed by atoms with Crippen molar-refractivity contribution < 1.29 is 4.74 Å². The van der Waals surface area contributed by atoms with E-state index < -0.39 is 0 Å². The van der Waals surface area contributed by atoms with Crippen LogP contribution in [0.4, 0.5) is 11.4 Å². The summed E-state index contributed by atoms with van der Waals surface area (Å²) in [6.07, 6.45) is 1.76. The number of aromatic nitrogens is 1. The molecule has 3 aromatic carbocycles. The van der Waals surface area contributed by atoms with E-state index in [1.54, 1.807) is 12.3 Å². The summed E-state index contributed by atoms with van der Waals surface area (Å²) < 4.78 is 6.10. The first-order valence-electron chi connectivity index (χ1n) is 8.03. The van der Waals surface area contributed by atoms with E-state index in [2.05, 4.69) is 10.3 Å². The molecule has 0 radical (unpaired) electrons. The summed E-state index contributed by atoms with van der Waals surface area (Å²) >= 11 is 12.5. The number of halogens is 2. The minimum Gasteiger partial charge on any atom is -0.454 e. The molecular formula is C21H14Cl2N2O. The second-order valence-electron chi connectivity index (χ2n) is 5.68. The number of rotatable bonds is 4. The summed E-state index contributed by atoms with van der Waals surface area (Å²) in [5.74, 6) is 1.22. The Labute approximate surface area is 161 Å². The molecule has 0 aliphatic carbocycles. The van der Waals surface area contributed by atoms with Gasteiger partial charge in [0.05, 0.1) is 26.9 Å². The van der Waals surface area contributed by atoms with Gasteiger partial charge in [-0.3, -0.25) is 4.98 Å². The van der Waals surface area contributed by atoms with Crippen molar-refractivity contribution in [3.8, 4) is 11.5 Å². The lowest BCUT2D eigenvalue weighted by Gasteiger charge is -2.15. The van der Waals surface area contributed by atoms with E-state index in [4.69, 9.17) is 27.9 Å². The van der Waals surface area contributed by atoms with E-state index in [-0.39, 0.29) is 0 Å². The molecule has 3 nitrogen and oxygen atoms in total. The topological polar surface area (TPSA) is 34.2 Å². The van der Waals surface area contributed by atoms with Gasteiger partial charge in [0.15, 0.2) is 5.75 Å². The smallest absolute Gasteiger partial charge is 0.151 e. The van der Waals surface area contributed by atoms with Gasteiger partial charge in [-0.15, -0.1) is 0 Å². The van der Waals surface area contributed by atoms with E-state index in [0.717, 1.165) is 22.3 Å². The summed E-state index contributed by atoms with van der Waals surface area (Å²) in [5.41, 5.74) is 2.39. The molecule has 0 aliphatic rings. The first-order valence-corrected chi connectivity index (χ1v) is 8.79. The number of benzene rings is 3. The zero-order valence-corrected chi connectivity index (χ0v) is 15.1. The van der Waals surface area contributed by atoms with Crippen molar-refractivity contribution in [3.63, 3.8) is 0 Å². The van der Waals surface area contributed by atoms with E-state index >= 15 is 0 Å². The largest absolute Gasteiger partial charge is 0.454 e. The molecule has 1 aromatic heterocycles. The first kappa shape index (κ1) is 16.7. The summed E-state index contributed by atoms with van der Waals surface area (Å²) in [4.78, 5) is 4.42. The molecule has 4 aromatic rings. The van der Waals surface area contributed by atoms with Crippen molar-refractivity contribution in [1.29, 1.82) is 0 Å². The highest BCUT2D eigenvalue weighted by Gasteiger charge is 2.11. The van der Waals surface area contributed by atoms with Crippen LogP contribution < -0.4 is 10.1 Å². The molecule has 0 saturated heterocycles. The molecule has 4 rings (SSSR count). The Hall–Kier alpha value is -2.75. The molecule has 5 heteroatoms. The number of ether oxygens (including phenoxy) is 1. The van der Waals surface area contributed by atoms with Gasteiger partial charge in [0, 0.05) is 11.6 Å². The second-order valence-corrected chi connectivity index (χ2v) is 6.50. The summed E-state index contributed by atoms with van der Waals surface area (Å²) in [6.45, 7) is 0. The molecule has 0 bridgehead atoms. The Kier molecular flexibility index (Phi) is 4.65. The van der Waals surface area contributed by atoms with Crippen LogP contribution in [0.5, 0.6) is 11.5 Å². The lowest BCUT2D eigenvalue weighted by Crippen LogP contribution is -1.96. The van der Waals surface area contributed by atoms with Crippen LogP contribution in [0.2, 0.25) is 10.0 Å². The number of fused-ring (bicyclic) bond motifs is 1. The van der Waals surface area contributed by atoms with Gasteiger partial charge < -0.3 is 10.1 Å². The predicted octanol–water partition coefficient (Wildman–Crippen LogP) is 7.08. The molecule has 0 saturated carbocycles. The number of nitrogens with zero attached hydrogens (tertiary/aromatic N) is 1. The minimum absolute atomic E-state index is 0.544. The molecule has 0 fully saturated rings. The van der Waals surface area contributed by atoms with Crippen molar-refractivity contribution in [2.24, 2.45) is 0 Å². The van der Waals surface area contributed by atoms with Crippen molar-refractivity contribution in [2.45, 2.75) is 0 Å². The molecule has 1 heterocycles. The summed E-state index contributed by atoms with van der Waals surface area (Å²) in [7, 11) is 0. The fourth-order valence-electron chi connectivity index (χ4n) is 2.64. The molecular weight excluding hydrogens is 367 g/mol. The predicted molar refractivity (Wildman–Crippen MR) is 108 cm³/mol. The summed E-state index contributed by atoms with van der Waals surface area (Å²) in [6, 6.07) is 22.7. The Morgan fingerprint density at radius 1 is 0.731 bits per heavy atom. The van der Waals surface area contributed by atoms with Gasteiger partial charge in [-0.1, -0.05) is 53.5 Å². The third-order valence-corrected chi connectivity index (χ3v) is 4.55. The van der Waals surface area contributed by atoms with Crippen molar-refractivity contribution >= 4 is 45.5 Å².